The molecule has 1 aliphatic rings. The molecule has 110 valence electrons. The Kier molecular flexibility index (Phi) is 4.31. The standard InChI is InChI=1S/C16H17NO3S/c1-11-14(7-8-19-11)16(18)20-10-13-9-17-15(21-13)12-5-3-2-4-6-12/h2-6,9,11,14H,7-8,10H2,1H3/t11-,14-/m1/s1. The summed E-state index contributed by atoms with van der Waals surface area (Å²) in [5.74, 6) is -0.304. The lowest BCUT2D eigenvalue weighted by Gasteiger charge is -2.12. The second-order valence-corrected chi connectivity index (χ2v) is 6.19. The Morgan fingerprint density at radius 1 is 1.43 bits per heavy atom. The number of aromatic nitrogens is 1. The van der Waals surface area contributed by atoms with Crippen LogP contribution in [0.15, 0.2) is 36.5 Å². The van der Waals surface area contributed by atoms with Crippen LogP contribution in [0.1, 0.15) is 18.2 Å². The summed E-state index contributed by atoms with van der Waals surface area (Å²) in [6.07, 6.45) is 2.48. The molecule has 2 heterocycles. The normalized spacial score (nSPS) is 21.4. The molecule has 0 unspecified atom stereocenters. The average molecular weight is 303 g/mol. The molecule has 21 heavy (non-hydrogen) atoms. The van der Waals surface area contributed by atoms with E-state index in [0.717, 1.165) is 21.9 Å². The highest BCUT2D eigenvalue weighted by molar-refractivity contribution is 7.15. The minimum Gasteiger partial charge on any atom is -0.460 e. The van der Waals surface area contributed by atoms with Crippen LogP contribution in [-0.4, -0.2) is 23.7 Å². The monoisotopic (exact) mass is 303 g/mol. The van der Waals surface area contributed by atoms with E-state index < -0.39 is 0 Å². The van der Waals surface area contributed by atoms with Crippen LogP contribution < -0.4 is 0 Å². The molecule has 1 saturated heterocycles. The number of carbonyl (C=O) groups is 1. The van der Waals surface area contributed by atoms with E-state index in [1.165, 1.54) is 0 Å². The third kappa shape index (κ3) is 3.31. The Morgan fingerprint density at radius 3 is 2.95 bits per heavy atom. The number of ether oxygens (including phenoxy) is 2. The summed E-state index contributed by atoms with van der Waals surface area (Å²) >= 11 is 1.55. The van der Waals surface area contributed by atoms with E-state index in [0.29, 0.717) is 6.61 Å². The van der Waals surface area contributed by atoms with E-state index in [4.69, 9.17) is 9.47 Å². The van der Waals surface area contributed by atoms with Crippen molar-refractivity contribution in [1.29, 1.82) is 0 Å². The summed E-state index contributed by atoms with van der Waals surface area (Å²) in [7, 11) is 0. The molecule has 1 aromatic carbocycles. The van der Waals surface area contributed by atoms with E-state index in [2.05, 4.69) is 4.98 Å². The summed E-state index contributed by atoms with van der Waals surface area (Å²) in [4.78, 5) is 17.3. The Hall–Kier alpha value is -1.72. The highest BCUT2D eigenvalue weighted by Crippen LogP contribution is 2.26. The average Bonchev–Trinajstić information content (AvgIpc) is 3.15. The van der Waals surface area contributed by atoms with Gasteiger partial charge in [0.1, 0.15) is 11.6 Å². The molecule has 4 nitrogen and oxygen atoms in total. The Labute approximate surface area is 127 Å². The fraction of sp³-hybridized carbons (Fsp3) is 0.375. The highest BCUT2D eigenvalue weighted by atomic mass is 32.1. The van der Waals surface area contributed by atoms with Crippen molar-refractivity contribution in [1.82, 2.24) is 4.98 Å². The van der Waals surface area contributed by atoms with Crippen LogP contribution in [0.25, 0.3) is 10.6 Å². The van der Waals surface area contributed by atoms with Crippen molar-refractivity contribution in [2.24, 2.45) is 5.92 Å². The fourth-order valence-electron chi connectivity index (χ4n) is 2.38. The zero-order chi connectivity index (χ0) is 14.7. The van der Waals surface area contributed by atoms with Gasteiger partial charge in [-0.1, -0.05) is 30.3 Å². The predicted molar refractivity (Wildman–Crippen MR) is 80.9 cm³/mol. The van der Waals surface area contributed by atoms with Crippen LogP contribution in [-0.2, 0) is 20.9 Å². The number of carbonyl (C=O) groups excluding carboxylic acids is 1. The number of nitrogens with zero attached hydrogens (tertiary/aromatic N) is 1. The summed E-state index contributed by atoms with van der Waals surface area (Å²) in [6.45, 7) is 2.84. The first-order chi connectivity index (χ1) is 10.2. The summed E-state index contributed by atoms with van der Waals surface area (Å²) in [6, 6.07) is 9.98. The van der Waals surface area contributed by atoms with Gasteiger partial charge in [-0.05, 0) is 13.3 Å². The maximum absolute atomic E-state index is 12.0. The number of hydrogen-bond acceptors (Lipinski definition) is 5. The number of esters is 1. The highest BCUT2D eigenvalue weighted by Gasteiger charge is 2.32. The van der Waals surface area contributed by atoms with E-state index in [9.17, 15) is 4.79 Å². The molecule has 0 spiro atoms. The minimum atomic E-state index is -0.172. The molecule has 0 saturated carbocycles. The third-order valence-corrected chi connectivity index (χ3v) is 4.63. The van der Waals surface area contributed by atoms with Crippen molar-refractivity contribution in [2.45, 2.75) is 26.1 Å². The van der Waals surface area contributed by atoms with Crippen molar-refractivity contribution >= 4 is 17.3 Å². The first-order valence-corrected chi connectivity index (χ1v) is 7.84. The van der Waals surface area contributed by atoms with Gasteiger partial charge in [0.25, 0.3) is 0 Å². The minimum absolute atomic E-state index is 0.0427. The predicted octanol–water partition coefficient (Wildman–Crippen LogP) is 3.28. The van der Waals surface area contributed by atoms with Crippen molar-refractivity contribution in [2.75, 3.05) is 6.61 Å². The van der Waals surface area contributed by atoms with E-state index in [1.54, 1.807) is 17.5 Å². The first-order valence-electron chi connectivity index (χ1n) is 7.02. The van der Waals surface area contributed by atoms with Gasteiger partial charge in [-0.2, -0.15) is 0 Å². The van der Waals surface area contributed by atoms with Crippen molar-refractivity contribution in [3.8, 4) is 10.6 Å². The Balaban J connectivity index is 1.59. The maximum atomic E-state index is 12.0. The lowest BCUT2D eigenvalue weighted by atomic mass is 10.0. The first kappa shape index (κ1) is 14.2. The zero-order valence-corrected chi connectivity index (χ0v) is 12.6. The molecule has 3 rings (SSSR count). The number of benzene rings is 1. The van der Waals surface area contributed by atoms with Gasteiger partial charge in [-0.3, -0.25) is 4.79 Å². The van der Waals surface area contributed by atoms with Crippen LogP contribution in [0.2, 0.25) is 0 Å². The molecule has 1 fully saturated rings. The van der Waals surface area contributed by atoms with Gasteiger partial charge in [-0.15, -0.1) is 11.3 Å². The lowest BCUT2D eigenvalue weighted by Crippen LogP contribution is -2.23. The van der Waals surface area contributed by atoms with Gasteiger partial charge in [0.2, 0.25) is 0 Å². The zero-order valence-electron chi connectivity index (χ0n) is 11.8. The smallest absolute Gasteiger partial charge is 0.312 e. The maximum Gasteiger partial charge on any atom is 0.312 e. The van der Waals surface area contributed by atoms with Gasteiger partial charge in [-0.25, -0.2) is 4.98 Å². The molecule has 0 bridgehead atoms. The molecule has 0 N–H and O–H groups in total. The third-order valence-electron chi connectivity index (χ3n) is 3.61. The van der Waals surface area contributed by atoms with Crippen LogP contribution in [0.5, 0.6) is 0 Å². The Morgan fingerprint density at radius 2 is 2.24 bits per heavy atom. The summed E-state index contributed by atoms with van der Waals surface area (Å²) in [5, 5.41) is 0.944. The summed E-state index contributed by atoms with van der Waals surface area (Å²) in [5.41, 5.74) is 1.08. The molecule has 2 aromatic rings. The van der Waals surface area contributed by atoms with Crippen LogP contribution >= 0.6 is 11.3 Å². The van der Waals surface area contributed by atoms with Gasteiger partial charge in [0.15, 0.2) is 0 Å². The topological polar surface area (TPSA) is 48.4 Å². The number of hydrogen-bond donors (Lipinski definition) is 0. The van der Waals surface area contributed by atoms with Crippen LogP contribution in [0.4, 0.5) is 0 Å². The lowest BCUT2D eigenvalue weighted by molar-refractivity contribution is -0.151. The molecule has 1 aromatic heterocycles. The second-order valence-electron chi connectivity index (χ2n) is 5.08. The van der Waals surface area contributed by atoms with Crippen molar-refractivity contribution < 1.29 is 14.3 Å². The number of rotatable bonds is 4. The fourth-order valence-corrected chi connectivity index (χ4v) is 3.21. The van der Waals surface area contributed by atoms with Gasteiger partial charge < -0.3 is 9.47 Å². The van der Waals surface area contributed by atoms with E-state index in [1.807, 2.05) is 37.3 Å². The molecular formula is C16H17NO3S. The molecule has 0 radical (unpaired) electrons. The largest absolute Gasteiger partial charge is 0.460 e. The molecular weight excluding hydrogens is 286 g/mol. The van der Waals surface area contributed by atoms with Gasteiger partial charge >= 0.3 is 5.97 Å². The van der Waals surface area contributed by atoms with Crippen LogP contribution in [0.3, 0.4) is 0 Å². The Bertz CT molecular complexity index is 611. The van der Waals surface area contributed by atoms with E-state index >= 15 is 0 Å². The number of thiazole rings is 1. The SMILES string of the molecule is C[C@H]1OCC[C@H]1C(=O)OCc1cnc(-c2ccccc2)s1. The van der Waals surface area contributed by atoms with Crippen LogP contribution in [0, 0.1) is 5.92 Å². The quantitative estimate of drug-likeness (QED) is 0.813. The molecule has 1 aliphatic heterocycles. The molecule has 0 amide bonds. The van der Waals surface area contributed by atoms with Gasteiger partial charge in [0, 0.05) is 18.4 Å². The molecule has 5 heteroatoms. The van der Waals surface area contributed by atoms with Gasteiger partial charge in [0.05, 0.1) is 16.9 Å². The second kappa shape index (κ2) is 6.37. The van der Waals surface area contributed by atoms with Crippen molar-refractivity contribution in [3.05, 3.63) is 41.4 Å². The van der Waals surface area contributed by atoms with E-state index in [-0.39, 0.29) is 24.6 Å². The van der Waals surface area contributed by atoms with Crippen molar-refractivity contribution in [3.63, 3.8) is 0 Å². The molecule has 2 atom stereocenters. The molecule has 0 aliphatic carbocycles. The summed E-state index contributed by atoms with van der Waals surface area (Å²) < 4.78 is 10.8.